The highest BCUT2D eigenvalue weighted by Crippen LogP contribution is 2.47. The number of carbonyl (C=O) groups is 2. The molecule has 0 aromatic heterocycles. The van der Waals surface area contributed by atoms with E-state index in [1.165, 1.54) is 0 Å². The van der Waals surface area contributed by atoms with Crippen LogP contribution in [0, 0.1) is 12.3 Å². The number of anilines is 2. The lowest BCUT2D eigenvalue weighted by molar-refractivity contribution is -0.131. The highest BCUT2D eigenvalue weighted by atomic mass is 35.5. The van der Waals surface area contributed by atoms with E-state index in [9.17, 15) is 9.59 Å². The van der Waals surface area contributed by atoms with Crippen molar-refractivity contribution >= 4 is 46.4 Å². The lowest BCUT2D eigenvalue weighted by Crippen LogP contribution is -2.35. The maximum atomic E-state index is 12.6. The van der Waals surface area contributed by atoms with E-state index in [-0.39, 0.29) is 11.8 Å². The summed E-state index contributed by atoms with van der Waals surface area (Å²) in [5, 5.41) is 6.40. The summed E-state index contributed by atoms with van der Waals surface area (Å²) in [5.74, 6) is -0.635. The van der Waals surface area contributed by atoms with Crippen LogP contribution in [0.1, 0.15) is 18.4 Å². The number of benzene rings is 2. The minimum Gasteiger partial charge on any atom is -0.325 e. The SMILES string of the molecule is Cc1cccc(NC(=O)C2(C(=O)Nc3cc(Cl)cc(Cl)c3)CC2)c1. The first-order chi connectivity index (χ1) is 11.4. The highest BCUT2D eigenvalue weighted by molar-refractivity contribution is 6.35. The van der Waals surface area contributed by atoms with E-state index >= 15 is 0 Å². The van der Waals surface area contributed by atoms with Gasteiger partial charge in [0.2, 0.25) is 11.8 Å². The zero-order valence-electron chi connectivity index (χ0n) is 13.0. The summed E-state index contributed by atoms with van der Waals surface area (Å²) < 4.78 is 0. The van der Waals surface area contributed by atoms with Crippen LogP contribution in [0.3, 0.4) is 0 Å². The molecule has 0 radical (unpaired) electrons. The van der Waals surface area contributed by atoms with Gasteiger partial charge in [0.15, 0.2) is 0 Å². The Morgan fingerprint density at radius 3 is 2.04 bits per heavy atom. The smallest absolute Gasteiger partial charge is 0.240 e. The Balaban J connectivity index is 1.72. The standard InChI is InChI=1S/C18H16Cl2N2O2/c1-11-3-2-4-14(7-11)21-16(23)18(5-6-18)17(24)22-15-9-12(19)8-13(20)10-15/h2-4,7-10H,5-6H2,1H3,(H,21,23)(H,22,24). The van der Waals surface area contributed by atoms with E-state index in [1.54, 1.807) is 24.3 Å². The third-order valence-electron chi connectivity index (χ3n) is 4.02. The van der Waals surface area contributed by atoms with Gasteiger partial charge in [-0.2, -0.15) is 0 Å². The molecule has 2 aromatic carbocycles. The molecule has 0 bridgehead atoms. The molecule has 2 amide bonds. The van der Waals surface area contributed by atoms with E-state index in [4.69, 9.17) is 23.2 Å². The Morgan fingerprint density at radius 2 is 1.50 bits per heavy atom. The van der Waals surface area contributed by atoms with Gasteiger partial charge in [-0.15, -0.1) is 0 Å². The maximum Gasteiger partial charge on any atom is 0.240 e. The van der Waals surface area contributed by atoms with E-state index < -0.39 is 5.41 Å². The van der Waals surface area contributed by atoms with Crippen LogP contribution in [0.4, 0.5) is 11.4 Å². The van der Waals surface area contributed by atoms with Crippen LogP contribution in [-0.2, 0) is 9.59 Å². The van der Waals surface area contributed by atoms with Crippen molar-refractivity contribution in [2.45, 2.75) is 19.8 Å². The van der Waals surface area contributed by atoms with Crippen molar-refractivity contribution in [2.24, 2.45) is 5.41 Å². The summed E-state index contributed by atoms with van der Waals surface area (Å²) in [6.45, 7) is 1.94. The van der Waals surface area contributed by atoms with Crippen molar-refractivity contribution in [1.29, 1.82) is 0 Å². The quantitative estimate of drug-likeness (QED) is 0.777. The van der Waals surface area contributed by atoms with Gasteiger partial charge in [-0.25, -0.2) is 0 Å². The number of nitrogens with one attached hydrogen (secondary N) is 2. The number of hydrogen-bond acceptors (Lipinski definition) is 2. The average molecular weight is 363 g/mol. The van der Waals surface area contributed by atoms with Gasteiger partial charge in [-0.3, -0.25) is 9.59 Å². The third kappa shape index (κ3) is 3.55. The van der Waals surface area contributed by atoms with Gasteiger partial charge in [0, 0.05) is 21.4 Å². The molecular weight excluding hydrogens is 347 g/mol. The monoisotopic (exact) mass is 362 g/mol. The molecule has 0 heterocycles. The molecule has 0 unspecified atom stereocenters. The predicted molar refractivity (Wildman–Crippen MR) is 96.6 cm³/mol. The van der Waals surface area contributed by atoms with Crippen LogP contribution >= 0.6 is 23.2 Å². The first-order valence-electron chi connectivity index (χ1n) is 7.55. The van der Waals surface area contributed by atoms with Crippen LogP contribution in [-0.4, -0.2) is 11.8 Å². The Morgan fingerprint density at radius 1 is 0.917 bits per heavy atom. The first kappa shape index (κ1) is 16.8. The fourth-order valence-electron chi connectivity index (χ4n) is 2.53. The molecule has 3 rings (SSSR count). The second kappa shape index (κ2) is 6.46. The maximum absolute atomic E-state index is 12.6. The van der Waals surface area contributed by atoms with Crippen LogP contribution in [0.5, 0.6) is 0 Å². The van der Waals surface area contributed by atoms with Crippen LogP contribution in [0.2, 0.25) is 10.0 Å². The van der Waals surface area contributed by atoms with Gasteiger partial charge in [0.1, 0.15) is 5.41 Å². The molecule has 6 heteroatoms. The van der Waals surface area contributed by atoms with Crippen LogP contribution in [0.25, 0.3) is 0 Å². The minimum absolute atomic E-state index is 0.293. The molecule has 0 spiro atoms. The van der Waals surface area contributed by atoms with Gasteiger partial charge in [-0.05, 0) is 55.7 Å². The van der Waals surface area contributed by atoms with Crippen LogP contribution in [0.15, 0.2) is 42.5 Å². The highest BCUT2D eigenvalue weighted by Gasteiger charge is 2.56. The van der Waals surface area contributed by atoms with Crippen molar-refractivity contribution in [1.82, 2.24) is 0 Å². The zero-order chi connectivity index (χ0) is 17.3. The molecule has 2 N–H and O–H groups in total. The van der Waals surface area contributed by atoms with Crippen molar-refractivity contribution in [3.8, 4) is 0 Å². The predicted octanol–water partition coefficient (Wildman–Crippen LogP) is 4.66. The Hall–Kier alpha value is -2.04. The van der Waals surface area contributed by atoms with E-state index in [1.807, 2.05) is 25.1 Å². The van der Waals surface area contributed by atoms with Crippen molar-refractivity contribution in [3.05, 3.63) is 58.1 Å². The summed E-state index contributed by atoms with van der Waals surface area (Å²) in [7, 11) is 0. The molecule has 4 nitrogen and oxygen atoms in total. The van der Waals surface area contributed by atoms with Gasteiger partial charge in [0.05, 0.1) is 0 Å². The third-order valence-corrected chi connectivity index (χ3v) is 4.45. The Bertz CT molecular complexity index is 796. The minimum atomic E-state index is -1.03. The molecule has 1 saturated carbocycles. The second-order valence-corrected chi connectivity index (χ2v) is 6.89. The first-order valence-corrected chi connectivity index (χ1v) is 8.30. The van der Waals surface area contributed by atoms with Crippen molar-refractivity contribution in [2.75, 3.05) is 10.6 Å². The zero-order valence-corrected chi connectivity index (χ0v) is 14.5. The normalized spacial score (nSPS) is 14.8. The molecule has 0 atom stereocenters. The van der Waals surface area contributed by atoms with E-state index in [2.05, 4.69) is 10.6 Å². The number of carbonyl (C=O) groups excluding carboxylic acids is 2. The molecule has 2 aromatic rings. The van der Waals surface area contributed by atoms with Gasteiger partial charge >= 0.3 is 0 Å². The Kier molecular flexibility index (Phi) is 4.52. The molecule has 1 fully saturated rings. The summed E-state index contributed by atoms with van der Waals surface area (Å²) in [6.07, 6.45) is 1.04. The molecule has 124 valence electrons. The molecule has 0 saturated heterocycles. The molecular formula is C18H16Cl2N2O2. The summed E-state index contributed by atoms with van der Waals surface area (Å²) in [6, 6.07) is 12.2. The fourth-order valence-corrected chi connectivity index (χ4v) is 3.06. The summed E-state index contributed by atoms with van der Waals surface area (Å²) in [5.41, 5.74) is 1.17. The van der Waals surface area contributed by atoms with E-state index in [0.29, 0.717) is 34.3 Å². The largest absolute Gasteiger partial charge is 0.325 e. The number of halogens is 2. The Labute approximate surface area is 150 Å². The average Bonchev–Trinajstić information content (AvgIpc) is 3.27. The van der Waals surface area contributed by atoms with Gasteiger partial charge in [0.25, 0.3) is 0 Å². The number of aryl methyl sites for hydroxylation is 1. The molecule has 24 heavy (non-hydrogen) atoms. The van der Waals surface area contributed by atoms with Crippen molar-refractivity contribution in [3.63, 3.8) is 0 Å². The number of hydrogen-bond donors (Lipinski definition) is 2. The molecule has 0 aliphatic heterocycles. The van der Waals surface area contributed by atoms with Crippen LogP contribution < -0.4 is 10.6 Å². The fraction of sp³-hybridized carbons (Fsp3) is 0.222. The van der Waals surface area contributed by atoms with E-state index in [0.717, 1.165) is 5.56 Å². The molecule has 1 aliphatic carbocycles. The number of amides is 2. The topological polar surface area (TPSA) is 58.2 Å². The summed E-state index contributed by atoms with van der Waals surface area (Å²) in [4.78, 5) is 25.1. The molecule has 1 aliphatic rings. The number of rotatable bonds is 4. The summed E-state index contributed by atoms with van der Waals surface area (Å²) >= 11 is 11.9. The lowest BCUT2D eigenvalue weighted by atomic mass is 10.0. The van der Waals surface area contributed by atoms with Gasteiger partial charge in [-0.1, -0.05) is 35.3 Å². The van der Waals surface area contributed by atoms with Crippen molar-refractivity contribution < 1.29 is 9.59 Å². The van der Waals surface area contributed by atoms with Gasteiger partial charge < -0.3 is 10.6 Å². The lowest BCUT2D eigenvalue weighted by Gasteiger charge is -2.16. The second-order valence-electron chi connectivity index (χ2n) is 6.02.